The fourth-order valence-corrected chi connectivity index (χ4v) is 2.10. The monoisotopic (exact) mass is 339 g/mol. The number of quaternary nitrogens is 1. The van der Waals surface area contributed by atoms with Gasteiger partial charge in [-0.1, -0.05) is 60.2 Å². The minimum absolute atomic E-state index is 0. The van der Waals surface area contributed by atoms with Crippen LogP contribution in [0.4, 0.5) is 0 Å². The first-order chi connectivity index (χ1) is 9.78. The molecule has 2 aromatic rings. The molecule has 0 radical (unpaired) electrons. The molecule has 0 bridgehead atoms. The van der Waals surface area contributed by atoms with Gasteiger partial charge in [-0.2, -0.15) is 0 Å². The Bertz CT molecular complexity index is 513. The zero-order valence-electron chi connectivity index (χ0n) is 14.2. The molecule has 0 spiro atoms. The highest BCUT2D eigenvalue weighted by Gasteiger charge is 2.07. The number of nitrogens with zero attached hydrogens (tertiary/aromatic N) is 1. The maximum atomic E-state index is 5.80. The van der Waals surface area contributed by atoms with Gasteiger partial charge in [0.2, 0.25) is 0 Å². The molecule has 0 N–H and O–H groups in total. The number of rotatable bonds is 3. The summed E-state index contributed by atoms with van der Waals surface area (Å²) in [5.74, 6) is 0. The van der Waals surface area contributed by atoms with Crippen molar-refractivity contribution in [2.75, 3.05) is 21.1 Å². The second-order valence-electron chi connectivity index (χ2n) is 6.46. The van der Waals surface area contributed by atoms with Gasteiger partial charge < -0.3 is 16.9 Å². The second-order valence-corrected chi connectivity index (χ2v) is 7.12. The van der Waals surface area contributed by atoms with Crippen molar-refractivity contribution in [1.82, 2.24) is 0 Å². The number of benzene rings is 2. The minimum Gasteiger partial charge on any atom is -1.00 e. The molecule has 122 valence electrons. The molecule has 22 heavy (non-hydrogen) atoms. The standard InChI is InChI=1S/C11H18N.C8H9Cl.ClH/c1-10-5-7-11(8-6-10)9-12(2,3)4;1-7(9)8-5-3-2-4-6-8;/h5-8H,9H2,1-4H3;2-7H,1H3;1H/q+1;;/p-1. The smallest absolute Gasteiger partial charge is 0.104 e. The highest BCUT2D eigenvalue weighted by Crippen LogP contribution is 2.17. The largest absolute Gasteiger partial charge is 1.00 e. The summed E-state index contributed by atoms with van der Waals surface area (Å²) in [5, 5.41) is 0.131. The third-order valence-corrected chi connectivity index (χ3v) is 3.29. The first-order valence-corrected chi connectivity index (χ1v) is 7.76. The molecule has 2 aromatic carbocycles. The molecule has 0 amide bonds. The van der Waals surface area contributed by atoms with Crippen molar-refractivity contribution >= 4 is 11.6 Å². The fraction of sp³-hybridized carbons (Fsp3) is 0.368. The van der Waals surface area contributed by atoms with Gasteiger partial charge in [-0.3, -0.25) is 0 Å². The molecule has 0 aliphatic rings. The Balaban J connectivity index is 0.000000397. The van der Waals surface area contributed by atoms with E-state index >= 15 is 0 Å². The van der Waals surface area contributed by atoms with E-state index in [4.69, 9.17) is 11.6 Å². The molecule has 0 fully saturated rings. The molecule has 0 saturated carbocycles. The Labute approximate surface area is 146 Å². The van der Waals surface area contributed by atoms with E-state index in [2.05, 4.69) is 52.3 Å². The molecule has 1 nitrogen and oxygen atoms in total. The summed E-state index contributed by atoms with van der Waals surface area (Å²) >= 11 is 5.80. The topological polar surface area (TPSA) is 0 Å². The van der Waals surface area contributed by atoms with Crippen LogP contribution in [0.25, 0.3) is 0 Å². The molecule has 0 heterocycles. The van der Waals surface area contributed by atoms with Gasteiger partial charge in [-0.25, -0.2) is 0 Å². The predicted molar refractivity (Wildman–Crippen MR) is 93.6 cm³/mol. The number of alkyl halides is 1. The normalized spacial score (nSPS) is 11.7. The lowest BCUT2D eigenvalue weighted by atomic mass is 10.1. The summed E-state index contributed by atoms with van der Waals surface area (Å²) in [7, 11) is 6.62. The number of aryl methyl sites for hydroxylation is 1. The summed E-state index contributed by atoms with van der Waals surface area (Å²) < 4.78 is 0.989. The zero-order chi connectivity index (χ0) is 15.9. The van der Waals surface area contributed by atoms with Crippen LogP contribution in [0.2, 0.25) is 0 Å². The minimum atomic E-state index is 0. The van der Waals surface area contributed by atoms with E-state index in [9.17, 15) is 0 Å². The van der Waals surface area contributed by atoms with Gasteiger partial charge in [-0.05, 0) is 19.4 Å². The molecule has 0 saturated heterocycles. The van der Waals surface area contributed by atoms with Gasteiger partial charge in [0.25, 0.3) is 0 Å². The first-order valence-electron chi connectivity index (χ1n) is 7.33. The average molecular weight is 340 g/mol. The van der Waals surface area contributed by atoms with Crippen molar-refractivity contribution < 1.29 is 16.9 Å². The van der Waals surface area contributed by atoms with Gasteiger partial charge >= 0.3 is 0 Å². The Hall–Kier alpha value is -1.02. The van der Waals surface area contributed by atoms with Crippen molar-refractivity contribution in [2.45, 2.75) is 25.8 Å². The van der Waals surface area contributed by atoms with Gasteiger partial charge in [0, 0.05) is 5.56 Å². The lowest BCUT2D eigenvalue weighted by Gasteiger charge is -2.23. The second kappa shape index (κ2) is 9.89. The lowest BCUT2D eigenvalue weighted by Crippen LogP contribution is -3.00. The van der Waals surface area contributed by atoms with Crippen LogP contribution in [-0.4, -0.2) is 25.6 Å². The van der Waals surface area contributed by atoms with Crippen LogP contribution in [0.15, 0.2) is 54.6 Å². The van der Waals surface area contributed by atoms with Crippen LogP contribution in [0, 0.1) is 6.92 Å². The van der Waals surface area contributed by atoms with Crippen LogP contribution < -0.4 is 12.4 Å². The predicted octanol–water partition coefficient (Wildman–Crippen LogP) is 2.19. The quantitative estimate of drug-likeness (QED) is 0.594. The number of hydrogen-bond donors (Lipinski definition) is 0. The van der Waals surface area contributed by atoms with Crippen LogP contribution in [0.1, 0.15) is 29.0 Å². The molecule has 0 aliphatic heterocycles. The maximum absolute atomic E-state index is 5.80. The Kier molecular flexibility index (Phi) is 9.43. The lowest BCUT2D eigenvalue weighted by molar-refractivity contribution is -0.884. The molecule has 1 atom stereocenters. The summed E-state index contributed by atoms with van der Waals surface area (Å²) in [4.78, 5) is 0. The Morgan fingerprint density at radius 2 is 1.41 bits per heavy atom. The molecule has 3 heteroatoms. The van der Waals surface area contributed by atoms with Crippen molar-refractivity contribution in [3.8, 4) is 0 Å². The maximum Gasteiger partial charge on any atom is 0.104 e. The molecule has 1 unspecified atom stereocenters. The van der Waals surface area contributed by atoms with E-state index in [0.29, 0.717) is 0 Å². The highest BCUT2D eigenvalue weighted by molar-refractivity contribution is 6.20. The van der Waals surface area contributed by atoms with E-state index < -0.39 is 0 Å². The molecule has 0 aromatic heterocycles. The van der Waals surface area contributed by atoms with Crippen molar-refractivity contribution in [1.29, 1.82) is 0 Å². The van der Waals surface area contributed by atoms with Crippen molar-refractivity contribution in [3.63, 3.8) is 0 Å². The summed E-state index contributed by atoms with van der Waals surface area (Å²) in [6.45, 7) is 5.19. The Morgan fingerprint density at radius 1 is 0.909 bits per heavy atom. The molecular weight excluding hydrogens is 313 g/mol. The van der Waals surface area contributed by atoms with Crippen molar-refractivity contribution in [2.24, 2.45) is 0 Å². The number of hydrogen-bond acceptors (Lipinski definition) is 0. The summed E-state index contributed by atoms with van der Waals surface area (Å²) in [5.41, 5.74) is 3.92. The Morgan fingerprint density at radius 3 is 1.77 bits per heavy atom. The van der Waals surface area contributed by atoms with E-state index in [1.54, 1.807) is 0 Å². The molecule has 0 aliphatic carbocycles. The average Bonchev–Trinajstić information content (AvgIpc) is 2.42. The van der Waals surface area contributed by atoms with Gasteiger partial charge in [0.05, 0.1) is 26.5 Å². The third kappa shape index (κ3) is 9.09. The van der Waals surface area contributed by atoms with E-state index in [1.165, 1.54) is 16.7 Å². The first kappa shape index (κ1) is 21.0. The SMILES string of the molecule is CC(Cl)c1ccccc1.Cc1ccc(C[N+](C)(C)C)cc1.[Cl-]. The van der Waals surface area contributed by atoms with Crippen LogP contribution in [0.3, 0.4) is 0 Å². The van der Waals surface area contributed by atoms with Crippen molar-refractivity contribution in [3.05, 3.63) is 71.3 Å². The zero-order valence-corrected chi connectivity index (χ0v) is 15.7. The molecule has 2 rings (SSSR count). The van der Waals surface area contributed by atoms with E-state index in [-0.39, 0.29) is 17.8 Å². The fourth-order valence-electron chi connectivity index (χ4n) is 1.96. The van der Waals surface area contributed by atoms with Gasteiger partial charge in [-0.15, -0.1) is 11.6 Å². The van der Waals surface area contributed by atoms with Crippen LogP contribution in [-0.2, 0) is 6.54 Å². The van der Waals surface area contributed by atoms with Gasteiger partial charge in [0.15, 0.2) is 0 Å². The molecular formula is C19H27Cl2N. The summed E-state index contributed by atoms with van der Waals surface area (Å²) in [6.07, 6.45) is 0. The van der Waals surface area contributed by atoms with E-state index in [1.807, 2.05) is 37.3 Å². The van der Waals surface area contributed by atoms with Crippen LogP contribution >= 0.6 is 11.6 Å². The summed E-state index contributed by atoms with van der Waals surface area (Å²) in [6, 6.07) is 18.8. The van der Waals surface area contributed by atoms with E-state index in [0.717, 1.165) is 11.0 Å². The highest BCUT2D eigenvalue weighted by atomic mass is 35.5. The third-order valence-electron chi connectivity index (χ3n) is 3.04. The number of halogens is 2. The van der Waals surface area contributed by atoms with Gasteiger partial charge in [0.1, 0.15) is 6.54 Å². The van der Waals surface area contributed by atoms with Crippen LogP contribution in [0.5, 0.6) is 0 Å².